The third kappa shape index (κ3) is 8.52. The Bertz CT molecular complexity index is 1430. The Morgan fingerprint density at radius 2 is 1.22 bits per heavy atom. The summed E-state index contributed by atoms with van der Waals surface area (Å²) in [5.41, 5.74) is -0.314. The number of rotatable bonds is 11. The molecule has 2 unspecified atom stereocenters. The van der Waals surface area contributed by atoms with E-state index in [0.717, 1.165) is 16.7 Å². The highest BCUT2D eigenvalue weighted by Crippen LogP contribution is 2.42. The molecule has 5 rings (SSSR count). The van der Waals surface area contributed by atoms with Crippen LogP contribution < -0.4 is 0 Å². The van der Waals surface area contributed by atoms with Crippen LogP contribution in [0.25, 0.3) is 0 Å². The molecule has 1 heterocycles. The Kier molecular flexibility index (Phi) is 10.3. The van der Waals surface area contributed by atoms with Crippen molar-refractivity contribution in [3.63, 3.8) is 0 Å². The minimum Gasteiger partial charge on any atom is -0.393 e. The maximum absolute atomic E-state index is 13.6. The summed E-state index contributed by atoms with van der Waals surface area (Å²) in [7, 11) is 0. The van der Waals surface area contributed by atoms with E-state index >= 15 is 0 Å². The minimum absolute atomic E-state index is 0.0564. The van der Waals surface area contributed by atoms with Gasteiger partial charge in [0.1, 0.15) is 6.10 Å². The van der Waals surface area contributed by atoms with E-state index in [9.17, 15) is 31.4 Å². The summed E-state index contributed by atoms with van der Waals surface area (Å²) < 4.78 is 93.6. The number of ether oxygens (including phenoxy) is 2. The number of aliphatic hydroxyl groups is 1. The van der Waals surface area contributed by atoms with E-state index in [-0.39, 0.29) is 18.6 Å². The molecule has 1 saturated heterocycles. The van der Waals surface area contributed by atoms with Gasteiger partial charge in [0.25, 0.3) is 0 Å². The van der Waals surface area contributed by atoms with E-state index in [4.69, 9.17) is 9.47 Å². The molecule has 0 amide bonds. The van der Waals surface area contributed by atoms with Gasteiger partial charge in [-0.3, -0.25) is 4.90 Å². The topological polar surface area (TPSA) is 41.9 Å². The third-order valence-corrected chi connectivity index (χ3v) is 7.90. The van der Waals surface area contributed by atoms with Crippen LogP contribution in [0.1, 0.15) is 45.4 Å². The van der Waals surface area contributed by atoms with E-state index in [2.05, 4.69) is 4.90 Å². The molecule has 0 radical (unpaired) electrons. The second-order valence-corrected chi connectivity index (χ2v) is 11.2. The average molecular weight is 630 g/mol. The lowest BCUT2D eigenvalue weighted by atomic mass is 9.87. The molecule has 0 saturated carbocycles. The van der Waals surface area contributed by atoms with Gasteiger partial charge in [-0.25, -0.2) is 0 Å². The predicted molar refractivity (Wildman–Crippen MR) is 157 cm³/mol. The summed E-state index contributed by atoms with van der Waals surface area (Å²) in [6, 6.07) is 30.5. The summed E-state index contributed by atoms with van der Waals surface area (Å²) in [5, 5.41) is 10.2. The van der Waals surface area contributed by atoms with E-state index < -0.39 is 54.0 Å². The fourth-order valence-corrected chi connectivity index (χ4v) is 5.80. The first-order chi connectivity index (χ1) is 21.5. The van der Waals surface area contributed by atoms with Crippen LogP contribution in [0, 0.1) is 5.92 Å². The van der Waals surface area contributed by atoms with E-state index in [1.807, 2.05) is 91.0 Å². The fraction of sp³-hybridized carbons (Fsp3) is 0.314. The van der Waals surface area contributed by atoms with Gasteiger partial charge in [0.2, 0.25) is 0 Å². The van der Waals surface area contributed by atoms with E-state index in [0.29, 0.717) is 31.8 Å². The lowest BCUT2D eigenvalue weighted by Crippen LogP contribution is -2.33. The van der Waals surface area contributed by atoms with Crippen molar-refractivity contribution in [2.45, 2.75) is 43.8 Å². The van der Waals surface area contributed by atoms with Gasteiger partial charge in [-0.05, 0) is 40.5 Å². The maximum Gasteiger partial charge on any atom is 0.416 e. The number of nitrogens with zero attached hydrogens (tertiary/aromatic N) is 1. The average Bonchev–Trinajstić information content (AvgIpc) is 3.41. The van der Waals surface area contributed by atoms with Crippen LogP contribution in [0.4, 0.5) is 26.3 Å². The van der Waals surface area contributed by atoms with Crippen molar-refractivity contribution < 1.29 is 40.9 Å². The third-order valence-electron chi connectivity index (χ3n) is 7.90. The first-order valence-electron chi connectivity index (χ1n) is 14.5. The summed E-state index contributed by atoms with van der Waals surface area (Å²) in [5.74, 6) is -0.557. The Hall–Kier alpha value is -3.70. The highest BCUT2D eigenvalue weighted by atomic mass is 19.4. The van der Waals surface area contributed by atoms with Crippen LogP contribution in [0.3, 0.4) is 0 Å². The zero-order valence-corrected chi connectivity index (χ0v) is 24.2. The number of halogens is 6. The second-order valence-electron chi connectivity index (χ2n) is 11.2. The molecular weight excluding hydrogens is 596 g/mol. The van der Waals surface area contributed by atoms with Crippen LogP contribution in [-0.4, -0.2) is 36.1 Å². The molecule has 4 atom stereocenters. The van der Waals surface area contributed by atoms with E-state index in [1.165, 1.54) is 0 Å². The molecule has 4 nitrogen and oxygen atoms in total. The second kappa shape index (κ2) is 14.2. The molecule has 1 aliphatic rings. The lowest BCUT2D eigenvalue weighted by molar-refractivity contribution is -0.163. The minimum atomic E-state index is -5.03. The standard InChI is InChI=1S/C35H33F6NO3/c36-34(37,38)29-16-27(17-30(18-29)35(39,40)41)31(22-43)45-33-32(26-14-8-3-9-15-26)28(23-44-33)21-42(19-24-10-4-1-5-11-24)20-25-12-6-2-7-13-25/h1-18,28,31-33,43H,19-23H2/t28?,31-,32-,33?/m1/s1. The molecule has 0 aliphatic carbocycles. The van der Waals surface area contributed by atoms with Gasteiger partial charge in [-0.1, -0.05) is 91.0 Å². The Morgan fingerprint density at radius 1 is 0.733 bits per heavy atom. The van der Waals surface area contributed by atoms with Crippen LogP contribution in [0.15, 0.2) is 109 Å². The fourth-order valence-electron chi connectivity index (χ4n) is 5.80. The van der Waals surface area contributed by atoms with Crippen molar-refractivity contribution in [3.8, 4) is 0 Å². The molecule has 0 bridgehead atoms. The highest BCUT2D eigenvalue weighted by molar-refractivity contribution is 5.35. The molecule has 4 aromatic rings. The zero-order chi connectivity index (χ0) is 32.0. The molecule has 10 heteroatoms. The van der Waals surface area contributed by atoms with Crippen molar-refractivity contribution in [2.24, 2.45) is 5.92 Å². The molecule has 0 aromatic heterocycles. The van der Waals surface area contributed by atoms with Crippen LogP contribution in [0.2, 0.25) is 0 Å². The molecule has 1 aliphatic heterocycles. The number of alkyl halides is 6. The Labute approximate surface area is 257 Å². The number of benzene rings is 4. The first kappa shape index (κ1) is 32.7. The molecule has 45 heavy (non-hydrogen) atoms. The molecule has 238 valence electrons. The number of hydrogen-bond donors (Lipinski definition) is 1. The zero-order valence-electron chi connectivity index (χ0n) is 24.2. The van der Waals surface area contributed by atoms with Gasteiger partial charge in [-0.2, -0.15) is 26.3 Å². The van der Waals surface area contributed by atoms with Gasteiger partial charge in [0.05, 0.1) is 24.3 Å². The van der Waals surface area contributed by atoms with E-state index in [1.54, 1.807) is 0 Å². The van der Waals surface area contributed by atoms with Gasteiger partial charge < -0.3 is 14.6 Å². The highest BCUT2D eigenvalue weighted by Gasteiger charge is 2.42. The van der Waals surface area contributed by atoms with Crippen LogP contribution in [0.5, 0.6) is 0 Å². The van der Waals surface area contributed by atoms with Crippen LogP contribution >= 0.6 is 0 Å². The smallest absolute Gasteiger partial charge is 0.393 e. The molecule has 1 N–H and O–H groups in total. The normalized spacial score (nSPS) is 19.6. The Balaban J connectivity index is 1.44. The summed E-state index contributed by atoms with van der Waals surface area (Å²) >= 11 is 0. The molecule has 4 aromatic carbocycles. The molecular formula is C35H33F6NO3. The van der Waals surface area contributed by atoms with Crippen molar-refractivity contribution >= 4 is 0 Å². The van der Waals surface area contributed by atoms with Gasteiger partial charge in [0, 0.05) is 31.5 Å². The lowest BCUT2D eigenvalue weighted by Gasteiger charge is -2.31. The molecule has 0 spiro atoms. The van der Waals surface area contributed by atoms with Gasteiger partial charge in [-0.15, -0.1) is 0 Å². The van der Waals surface area contributed by atoms with Crippen molar-refractivity contribution in [1.29, 1.82) is 0 Å². The van der Waals surface area contributed by atoms with Crippen molar-refractivity contribution in [1.82, 2.24) is 4.90 Å². The largest absolute Gasteiger partial charge is 0.416 e. The van der Waals surface area contributed by atoms with Crippen LogP contribution in [-0.2, 0) is 34.9 Å². The first-order valence-corrected chi connectivity index (χ1v) is 14.5. The summed E-state index contributed by atoms with van der Waals surface area (Å²) in [4.78, 5) is 2.28. The van der Waals surface area contributed by atoms with Gasteiger partial charge in [0.15, 0.2) is 6.29 Å². The van der Waals surface area contributed by atoms with Crippen molar-refractivity contribution in [3.05, 3.63) is 143 Å². The predicted octanol–water partition coefficient (Wildman–Crippen LogP) is 8.23. The maximum atomic E-state index is 13.6. The SMILES string of the molecule is OC[C@@H](OC1OCC(CN(Cc2ccccc2)Cc2ccccc2)[C@H]1c1ccccc1)c1cc(C(F)(F)F)cc(C(F)(F)F)c1. The summed E-state index contributed by atoms with van der Waals surface area (Å²) in [6.07, 6.45) is -12.6. The van der Waals surface area contributed by atoms with Crippen molar-refractivity contribution in [2.75, 3.05) is 19.8 Å². The summed E-state index contributed by atoms with van der Waals surface area (Å²) in [6.45, 7) is 1.23. The number of hydrogen-bond acceptors (Lipinski definition) is 4. The quantitative estimate of drug-likeness (QED) is 0.170. The number of aliphatic hydroxyl groups excluding tert-OH is 1. The monoisotopic (exact) mass is 629 g/mol. The van der Waals surface area contributed by atoms with Gasteiger partial charge >= 0.3 is 12.4 Å². The molecule has 1 fully saturated rings. The Morgan fingerprint density at radius 3 is 1.69 bits per heavy atom.